The summed E-state index contributed by atoms with van der Waals surface area (Å²) < 4.78 is 29.1. The zero-order chi connectivity index (χ0) is 21.8. The number of amides is 1. The van der Waals surface area contributed by atoms with Crippen LogP contribution in [-0.4, -0.2) is 47.3 Å². The van der Waals surface area contributed by atoms with Crippen LogP contribution in [0.25, 0.3) is 11.0 Å². The molecule has 0 saturated heterocycles. The second-order valence-corrected chi connectivity index (χ2v) is 9.55. The third kappa shape index (κ3) is 5.17. The standard InChI is InChI=1S/C21H34N4O3S/c1-7-24(8-2)29(27,28)17-10-11-19-18(14-17)23-20(25(19)9-3)12-13-21(26)22-16(6)15(4)5/h10-11,14-16H,7-9,12-13H2,1-6H3,(H,22,26). The summed E-state index contributed by atoms with van der Waals surface area (Å²) in [6.07, 6.45) is 0.863. The lowest BCUT2D eigenvalue weighted by atomic mass is 10.1. The van der Waals surface area contributed by atoms with E-state index >= 15 is 0 Å². The molecule has 7 nitrogen and oxygen atoms in total. The summed E-state index contributed by atoms with van der Waals surface area (Å²) in [6.45, 7) is 13.4. The van der Waals surface area contributed by atoms with Gasteiger partial charge in [-0.25, -0.2) is 13.4 Å². The second-order valence-electron chi connectivity index (χ2n) is 7.61. The first-order valence-electron chi connectivity index (χ1n) is 10.4. The Hall–Kier alpha value is -1.93. The van der Waals surface area contributed by atoms with E-state index < -0.39 is 10.0 Å². The van der Waals surface area contributed by atoms with E-state index in [1.54, 1.807) is 12.1 Å². The van der Waals surface area contributed by atoms with Crippen molar-refractivity contribution < 1.29 is 13.2 Å². The number of benzene rings is 1. The number of hydrogen-bond acceptors (Lipinski definition) is 4. The molecule has 8 heteroatoms. The van der Waals surface area contributed by atoms with Crippen LogP contribution in [0.2, 0.25) is 0 Å². The van der Waals surface area contributed by atoms with E-state index in [-0.39, 0.29) is 16.8 Å². The molecule has 162 valence electrons. The molecule has 0 aliphatic carbocycles. The normalized spacial score (nSPS) is 13.4. The fourth-order valence-corrected chi connectivity index (χ4v) is 4.77. The highest BCUT2D eigenvalue weighted by Gasteiger charge is 2.23. The summed E-state index contributed by atoms with van der Waals surface area (Å²) in [5.74, 6) is 1.18. The number of rotatable bonds is 10. The number of imidazole rings is 1. The molecule has 1 amide bonds. The number of nitrogens with zero attached hydrogens (tertiary/aromatic N) is 3. The van der Waals surface area contributed by atoms with Crippen LogP contribution < -0.4 is 5.32 Å². The van der Waals surface area contributed by atoms with Gasteiger partial charge in [0.15, 0.2) is 0 Å². The lowest BCUT2D eigenvalue weighted by molar-refractivity contribution is -0.121. The van der Waals surface area contributed by atoms with Gasteiger partial charge in [0.2, 0.25) is 15.9 Å². The van der Waals surface area contributed by atoms with Gasteiger partial charge < -0.3 is 9.88 Å². The highest BCUT2D eigenvalue weighted by molar-refractivity contribution is 7.89. The third-order valence-corrected chi connectivity index (χ3v) is 7.47. The van der Waals surface area contributed by atoms with Gasteiger partial charge in [-0.1, -0.05) is 27.7 Å². The molecule has 1 unspecified atom stereocenters. The van der Waals surface area contributed by atoms with Crippen molar-refractivity contribution in [3.8, 4) is 0 Å². The molecule has 1 aromatic heterocycles. The zero-order valence-corrected chi connectivity index (χ0v) is 19.2. The summed E-state index contributed by atoms with van der Waals surface area (Å²) in [7, 11) is -3.53. The molecule has 0 aliphatic rings. The van der Waals surface area contributed by atoms with E-state index in [1.165, 1.54) is 4.31 Å². The average molecular weight is 423 g/mol. The second kappa shape index (κ2) is 9.71. The van der Waals surface area contributed by atoms with E-state index in [9.17, 15) is 13.2 Å². The first-order chi connectivity index (χ1) is 13.6. The third-order valence-electron chi connectivity index (χ3n) is 5.42. The maximum absolute atomic E-state index is 12.8. The molecule has 0 bridgehead atoms. The van der Waals surface area contributed by atoms with Gasteiger partial charge in [-0.05, 0) is 38.0 Å². The Labute approximate surface area is 174 Å². The molecular formula is C21H34N4O3S. The van der Waals surface area contributed by atoms with E-state index in [2.05, 4.69) is 24.1 Å². The highest BCUT2D eigenvalue weighted by atomic mass is 32.2. The lowest BCUT2D eigenvalue weighted by Gasteiger charge is -2.18. The topological polar surface area (TPSA) is 84.3 Å². The van der Waals surface area contributed by atoms with Crippen molar-refractivity contribution in [2.45, 2.75) is 71.9 Å². The Morgan fingerprint density at radius 3 is 2.38 bits per heavy atom. The van der Waals surface area contributed by atoms with Crippen molar-refractivity contribution in [2.75, 3.05) is 13.1 Å². The number of sulfonamides is 1. The molecular weight excluding hydrogens is 388 g/mol. The number of carbonyl (C=O) groups excluding carboxylic acids is 1. The zero-order valence-electron chi connectivity index (χ0n) is 18.4. The van der Waals surface area contributed by atoms with Crippen molar-refractivity contribution in [3.05, 3.63) is 24.0 Å². The van der Waals surface area contributed by atoms with Gasteiger partial charge in [0.25, 0.3) is 0 Å². The quantitative estimate of drug-likeness (QED) is 0.637. The molecule has 0 aliphatic heterocycles. The number of carbonyl (C=O) groups is 1. The van der Waals surface area contributed by atoms with Gasteiger partial charge in [-0.2, -0.15) is 4.31 Å². The van der Waals surface area contributed by atoms with Crippen LogP contribution in [0.3, 0.4) is 0 Å². The van der Waals surface area contributed by atoms with E-state index in [1.807, 2.05) is 38.3 Å². The summed E-state index contributed by atoms with van der Waals surface area (Å²) in [5.41, 5.74) is 1.53. The van der Waals surface area contributed by atoms with Crippen molar-refractivity contribution in [1.82, 2.24) is 19.2 Å². The van der Waals surface area contributed by atoms with Crippen LogP contribution in [-0.2, 0) is 27.8 Å². The number of hydrogen-bond donors (Lipinski definition) is 1. The molecule has 0 radical (unpaired) electrons. The van der Waals surface area contributed by atoms with Crippen LogP contribution in [0.4, 0.5) is 0 Å². The first-order valence-corrected chi connectivity index (χ1v) is 11.9. The SMILES string of the molecule is CCN(CC)S(=O)(=O)c1ccc2c(c1)nc(CCC(=O)NC(C)C(C)C)n2CC. The number of aromatic nitrogens is 2. The fourth-order valence-electron chi connectivity index (χ4n) is 3.29. The van der Waals surface area contributed by atoms with Gasteiger partial charge in [0, 0.05) is 38.5 Å². The van der Waals surface area contributed by atoms with E-state index in [4.69, 9.17) is 0 Å². The predicted molar refractivity (Wildman–Crippen MR) is 116 cm³/mol. The molecule has 0 fully saturated rings. The molecule has 0 saturated carbocycles. The minimum absolute atomic E-state index is 0.00529. The molecule has 0 spiro atoms. The fraction of sp³-hybridized carbons (Fsp3) is 0.619. The van der Waals surface area contributed by atoms with Crippen LogP contribution >= 0.6 is 0 Å². The van der Waals surface area contributed by atoms with Crippen LogP contribution in [0.5, 0.6) is 0 Å². The highest BCUT2D eigenvalue weighted by Crippen LogP contribution is 2.23. The van der Waals surface area contributed by atoms with E-state index in [0.29, 0.717) is 43.9 Å². The smallest absolute Gasteiger partial charge is 0.243 e. The molecule has 2 aromatic rings. The summed E-state index contributed by atoms with van der Waals surface area (Å²) in [5, 5.41) is 3.01. The van der Waals surface area contributed by atoms with Crippen molar-refractivity contribution in [2.24, 2.45) is 5.92 Å². The molecule has 1 atom stereocenters. The largest absolute Gasteiger partial charge is 0.353 e. The van der Waals surface area contributed by atoms with Crippen molar-refractivity contribution in [3.63, 3.8) is 0 Å². The van der Waals surface area contributed by atoms with Gasteiger partial charge >= 0.3 is 0 Å². The van der Waals surface area contributed by atoms with E-state index in [0.717, 1.165) is 11.3 Å². The average Bonchev–Trinajstić information content (AvgIpc) is 3.03. The Bertz CT molecular complexity index is 946. The molecule has 1 heterocycles. The predicted octanol–water partition coefficient (Wildman–Crippen LogP) is 3.18. The maximum atomic E-state index is 12.8. The minimum atomic E-state index is -3.53. The number of aryl methyl sites for hydroxylation is 2. The Balaban J connectivity index is 2.28. The molecule has 29 heavy (non-hydrogen) atoms. The van der Waals surface area contributed by atoms with Gasteiger partial charge in [-0.15, -0.1) is 0 Å². The van der Waals surface area contributed by atoms with Crippen LogP contribution in [0.15, 0.2) is 23.1 Å². The number of nitrogens with one attached hydrogen (secondary N) is 1. The summed E-state index contributed by atoms with van der Waals surface area (Å²) in [4.78, 5) is 17.1. The van der Waals surface area contributed by atoms with Gasteiger partial charge in [0.1, 0.15) is 5.82 Å². The number of fused-ring (bicyclic) bond motifs is 1. The van der Waals surface area contributed by atoms with Gasteiger partial charge in [0.05, 0.1) is 15.9 Å². The van der Waals surface area contributed by atoms with Crippen LogP contribution in [0, 0.1) is 5.92 Å². The minimum Gasteiger partial charge on any atom is -0.353 e. The van der Waals surface area contributed by atoms with Crippen LogP contribution in [0.1, 0.15) is 53.8 Å². The Kier molecular flexibility index (Phi) is 7.82. The summed E-state index contributed by atoms with van der Waals surface area (Å²) >= 11 is 0. The monoisotopic (exact) mass is 422 g/mol. The maximum Gasteiger partial charge on any atom is 0.243 e. The lowest BCUT2D eigenvalue weighted by Crippen LogP contribution is -2.36. The Morgan fingerprint density at radius 2 is 1.83 bits per heavy atom. The summed E-state index contributed by atoms with van der Waals surface area (Å²) in [6, 6.07) is 5.22. The Morgan fingerprint density at radius 1 is 1.17 bits per heavy atom. The van der Waals surface area contributed by atoms with Crippen molar-refractivity contribution in [1.29, 1.82) is 0 Å². The first kappa shape index (κ1) is 23.3. The van der Waals surface area contributed by atoms with Gasteiger partial charge in [-0.3, -0.25) is 4.79 Å². The van der Waals surface area contributed by atoms with Crippen molar-refractivity contribution >= 4 is 27.0 Å². The molecule has 1 aromatic carbocycles. The molecule has 2 rings (SSSR count). The molecule has 1 N–H and O–H groups in total.